The molecule has 7 aromatic carbocycles. The van der Waals surface area contributed by atoms with Crippen LogP contribution in [0, 0.1) is 0 Å². The summed E-state index contributed by atoms with van der Waals surface area (Å²) in [5, 5.41) is 2.57. The van der Waals surface area contributed by atoms with Crippen LogP contribution in [0.25, 0.3) is 38.6 Å². The van der Waals surface area contributed by atoms with Crippen LogP contribution < -0.4 is 0 Å². The lowest BCUT2D eigenvalue weighted by atomic mass is 9.67. The second-order valence-electron chi connectivity index (χ2n) is 11.7. The molecule has 1 aliphatic heterocycles. The van der Waals surface area contributed by atoms with E-state index in [0.29, 0.717) is 0 Å². The minimum absolute atomic E-state index is 0.398. The molecule has 2 aliphatic rings. The zero-order valence-electron chi connectivity index (χ0n) is 24.1. The van der Waals surface area contributed by atoms with E-state index in [1.54, 1.807) is 0 Å². The van der Waals surface area contributed by atoms with Crippen LogP contribution in [-0.2, 0) is 5.41 Å². The van der Waals surface area contributed by atoms with E-state index in [9.17, 15) is 0 Å². The minimum Gasteiger partial charge on any atom is -0.0906 e. The molecule has 0 unspecified atom stereocenters. The molecule has 1 spiro atoms. The number of hydrogen-bond acceptors (Lipinski definition) is 1. The van der Waals surface area contributed by atoms with E-state index in [-0.39, 0.29) is 0 Å². The van der Waals surface area contributed by atoms with Gasteiger partial charge in [0.05, 0.1) is 5.41 Å². The van der Waals surface area contributed by atoms with E-state index >= 15 is 0 Å². The zero-order valence-corrected chi connectivity index (χ0v) is 24.9. The third kappa shape index (κ3) is 3.48. The molecule has 0 nitrogen and oxygen atoms in total. The van der Waals surface area contributed by atoms with Crippen LogP contribution in [0.3, 0.4) is 0 Å². The quantitative estimate of drug-likeness (QED) is 0.202. The zero-order chi connectivity index (χ0) is 29.3. The van der Waals surface area contributed by atoms with Gasteiger partial charge < -0.3 is 0 Å². The third-order valence-electron chi connectivity index (χ3n) is 9.52. The SMILES string of the molecule is C=C(c1ccccc1)c1ccc(-c2cccc3c2-c2c(ccc4ccccc24)C32c3ccccc3Sc3ccccc32)cc1. The first-order chi connectivity index (χ1) is 21.7. The molecule has 206 valence electrons. The van der Waals surface area contributed by atoms with E-state index < -0.39 is 5.41 Å². The van der Waals surface area contributed by atoms with E-state index in [0.717, 1.165) is 16.7 Å². The molecular formula is C43H28S. The lowest BCUT2D eigenvalue weighted by molar-refractivity contribution is 0.723. The van der Waals surface area contributed by atoms with Crippen LogP contribution in [0.1, 0.15) is 33.4 Å². The Bertz CT molecular complexity index is 2210. The Kier molecular flexibility index (Phi) is 5.60. The summed E-state index contributed by atoms with van der Waals surface area (Å²) in [6.07, 6.45) is 0. The summed E-state index contributed by atoms with van der Waals surface area (Å²) in [5.74, 6) is 0. The monoisotopic (exact) mass is 576 g/mol. The summed E-state index contributed by atoms with van der Waals surface area (Å²) in [6, 6.07) is 58.0. The number of rotatable bonds is 3. The summed E-state index contributed by atoms with van der Waals surface area (Å²) in [7, 11) is 0. The second kappa shape index (κ2) is 9.71. The molecule has 0 saturated heterocycles. The van der Waals surface area contributed by atoms with Crippen molar-refractivity contribution < 1.29 is 0 Å². The van der Waals surface area contributed by atoms with Gasteiger partial charge in [0.15, 0.2) is 0 Å². The van der Waals surface area contributed by atoms with Crippen LogP contribution in [0.15, 0.2) is 174 Å². The van der Waals surface area contributed by atoms with Crippen LogP contribution in [-0.4, -0.2) is 0 Å². The molecule has 44 heavy (non-hydrogen) atoms. The highest BCUT2D eigenvalue weighted by atomic mass is 32.2. The fourth-order valence-electron chi connectivity index (χ4n) is 7.60. The Labute approximate surface area is 262 Å². The number of fused-ring (bicyclic) bond motifs is 11. The van der Waals surface area contributed by atoms with E-state index in [4.69, 9.17) is 0 Å². The average molecular weight is 577 g/mol. The fourth-order valence-corrected chi connectivity index (χ4v) is 8.80. The van der Waals surface area contributed by atoms with Gasteiger partial charge in [0.1, 0.15) is 0 Å². The van der Waals surface area contributed by atoms with E-state index in [1.165, 1.54) is 65.1 Å². The van der Waals surface area contributed by atoms with Gasteiger partial charge in [-0.2, -0.15) is 0 Å². The normalized spacial score (nSPS) is 13.6. The molecule has 1 heteroatoms. The van der Waals surface area contributed by atoms with Gasteiger partial charge in [-0.05, 0) is 84.1 Å². The topological polar surface area (TPSA) is 0 Å². The molecule has 0 atom stereocenters. The second-order valence-corrected chi connectivity index (χ2v) is 12.8. The van der Waals surface area contributed by atoms with E-state index in [2.05, 4.69) is 158 Å². The lowest BCUT2D eigenvalue weighted by Crippen LogP contribution is -2.31. The molecule has 7 aromatic rings. The Hall–Kier alpha value is -5.11. The van der Waals surface area contributed by atoms with Crippen molar-refractivity contribution >= 4 is 28.1 Å². The van der Waals surface area contributed by atoms with Crippen molar-refractivity contribution in [2.45, 2.75) is 15.2 Å². The molecule has 1 aliphatic carbocycles. The molecule has 0 amide bonds. The first-order valence-corrected chi connectivity index (χ1v) is 15.9. The maximum atomic E-state index is 4.42. The van der Waals surface area contributed by atoms with Gasteiger partial charge in [-0.1, -0.05) is 164 Å². The van der Waals surface area contributed by atoms with Gasteiger partial charge in [-0.15, -0.1) is 0 Å². The van der Waals surface area contributed by atoms with Gasteiger partial charge in [0, 0.05) is 9.79 Å². The third-order valence-corrected chi connectivity index (χ3v) is 10.7. The van der Waals surface area contributed by atoms with Crippen molar-refractivity contribution in [1.82, 2.24) is 0 Å². The van der Waals surface area contributed by atoms with Crippen molar-refractivity contribution in [2.24, 2.45) is 0 Å². The Morgan fingerprint density at radius 2 is 1.05 bits per heavy atom. The molecule has 0 N–H and O–H groups in total. The molecule has 0 saturated carbocycles. The van der Waals surface area contributed by atoms with Crippen LogP contribution in [0.2, 0.25) is 0 Å². The maximum absolute atomic E-state index is 4.42. The predicted molar refractivity (Wildman–Crippen MR) is 185 cm³/mol. The summed E-state index contributed by atoms with van der Waals surface area (Å²) < 4.78 is 0. The van der Waals surface area contributed by atoms with Crippen LogP contribution in [0.4, 0.5) is 0 Å². The van der Waals surface area contributed by atoms with Gasteiger partial charge >= 0.3 is 0 Å². The highest BCUT2D eigenvalue weighted by Gasteiger charge is 2.51. The minimum atomic E-state index is -0.398. The fraction of sp³-hybridized carbons (Fsp3) is 0.0233. The smallest absolute Gasteiger partial charge is 0.0735 e. The molecule has 1 heterocycles. The maximum Gasteiger partial charge on any atom is 0.0735 e. The van der Waals surface area contributed by atoms with Gasteiger partial charge in [-0.3, -0.25) is 0 Å². The van der Waals surface area contributed by atoms with Gasteiger partial charge in [0.2, 0.25) is 0 Å². The number of benzene rings is 7. The first kappa shape index (κ1) is 25.4. The largest absolute Gasteiger partial charge is 0.0906 e. The average Bonchev–Trinajstić information content (AvgIpc) is 3.40. The summed E-state index contributed by atoms with van der Waals surface area (Å²) in [4.78, 5) is 2.65. The predicted octanol–water partition coefficient (Wildman–Crippen LogP) is 11.4. The van der Waals surface area contributed by atoms with Crippen LogP contribution >= 0.6 is 11.8 Å². The van der Waals surface area contributed by atoms with Gasteiger partial charge in [-0.25, -0.2) is 0 Å². The molecule has 0 radical (unpaired) electrons. The Morgan fingerprint density at radius 3 is 1.80 bits per heavy atom. The molecular weight excluding hydrogens is 549 g/mol. The Morgan fingerprint density at radius 1 is 0.455 bits per heavy atom. The molecule has 0 aromatic heterocycles. The van der Waals surface area contributed by atoms with Crippen molar-refractivity contribution in [3.63, 3.8) is 0 Å². The standard InChI is InChI=1S/C43H28S/c1-28(29-12-3-2-4-13-29)30-22-24-32(25-23-30)34-16-11-19-37-41(34)42-33-15-6-5-14-31(33)26-27-38(42)43(37)35-17-7-9-20-39(35)44-40-21-10-8-18-36(40)43/h2-27H,1H2. The van der Waals surface area contributed by atoms with Crippen molar-refractivity contribution in [2.75, 3.05) is 0 Å². The number of hydrogen-bond donors (Lipinski definition) is 0. The lowest BCUT2D eigenvalue weighted by Gasteiger charge is -2.39. The van der Waals surface area contributed by atoms with Crippen LogP contribution in [0.5, 0.6) is 0 Å². The highest BCUT2D eigenvalue weighted by molar-refractivity contribution is 7.99. The first-order valence-electron chi connectivity index (χ1n) is 15.1. The Balaban J connectivity index is 1.35. The summed E-state index contributed by atoms with van der Waals surface area (Å²) in [5.41, 5.74) is 13.6. The van der Waals surface area contributed by atoms with Crippen molar-refractivity contribution in [1.29, 1.82) is 0 Å². The highest BCUT2D eigenvalue weighted by Crippen LogP contribution is 2.64. The molecule has 9 rings (SSSR count). The molecule has 0 bridgehead atoms. The molecule has 0 fully saturated rings. The summed E-state index contributed by atoms with van der Waals surface area (Å²) >= 11 is 1.89. The van der Waals surface area contributed by atoms with Crippen molar-refractivity contribution in [3.05, 3.63) is 198 Å². The van der Waals surface area contributed by atoms with Gasteiger partial charge in [0.25, 0.3) is 0 Å². The van der Waals surface area contributed by atoms with E-state index in [1.807, 2.05) is 17.8 Å². The van der Waals surface area contributed by atoms with Crippen molar-refractivity contribution in [3.8, 4) is 22.3 Å². The summed E-state index contributed by atoms with van der Waals surface area (Å²) in [6.45, 7) is 4.42.